The van der Waals surface area contributed by atoms with Gasteiger partial charge in [-0.2, -0.15) is 0 Å². The summed E-state index contributed by atoms with van der Waals surface area (Å²) in [6.07, 6.45) is -0.214. The smallest absolute Gasteiger partial charge is 0.340 e. The fraction of sp³-hybridized carbons (Fsp3) is 0.500. The molecule has 0 saturated carbocycles. The Balaban J connectivity index is 1.50. The molecule has 7 atom stereocenters. The molecule has 37 heavy (non-hydrogen) atoms. The number of hydrogen-bond acceptors (Lipinski definition) is 7. The second-order valence-electron chi connectivity index (χ2n) is 10.3. The van der Waals surface area contributed by atoms with E-state index in [4.69, 9.17) is 18.9 Å². The van der Waals surface area contributed by atoms with E-state index in [2.05, 4.69) is 31.2 Å². The van der Waals surface area contributed by atoms with Crippen molar-refractivity contribution in [1.82, 2.24) is 0 Å². The SMILES string of the molecule is CC(=O)OCC1O[C@@H](OC(=O)c2ccc(C3CC[C@@H](C)c4ccccc43)cc2)C(OC(C)=O)[C@@H](C)[C@@H]1C. The van der Waals surface area contributed by atoms with Gasteiger partial charge in [0.25, 0.3) is 0 Å². The lowest BCUT2D eigenvalue weighted by molar-refractivity contribution is -0.262. The third kappa shape index (κ3) is 6.04. The van der Waals surface area contributed by atoms with E-state index in [-0.39, 0.29) is 24.4 Å². The van der Waals surface area contributed by atoms with E-state index in [0.717, 1.165) is 18.4 Å². The predicted octanol–water partition coefficient (Wildman–Crippen LogP) is 5.36. The van der Waals surface area contributed by atoms with E-state index >= 15 is 0 Å². The van der Waals surface area contributed by atoms with Crippen molar-refractivity contribution in [2.24, 2.45) is 11.8 Å². The van der Waals surface area contributed by atoms with Gasteiger partial charge in [0.15, 0.2) is 6.10 Å². The summed E-state index contributed by atoms with van der Waals surface area (Å²) >= 11 is 0. The van der Waals surface area contributed by atoms with Crippen molar-refractivity contribution in [3.63, 3.8) is 0 Å². The molecular formula is C30H36O7. The first-order valence-electron chi connectivity index (χ1n) is 13.0. The van der Waals surface area contributed by atoms with Crippen LogP contribution in [0.3, 0.4) is 0 Å². The van der Waals surface area contributed by atoms with E-state index in [1.807, 2.05) is 26.0 Å². The first kappa shape index (κ1) is 26.9. The van der Waals surface area contributed by atoms with Crippen LogP contribution in [0.2, 0.25) is 0 Å². The van der Waals surface area contributed by atoms with Crippen LogP contribution in [0.25, 0.3) is 0 Å². The number of carbonyl (C=O) groups excluding carboxylic acids is 3. The largest absolute Gasteiger partial charge is 0.463 e. The minimum atomic E-state index is -1.12. The van der Waals surface area contributed by atoms with Crippen LogP contribution >= 0.6 is 0 Å². The molecule has 7 heteroatoms. The van der Waals surface area contributed by atoms with Gasteiger partial charge < -0.3 is 18.9 Å². The van der Waals surface area contributed by atoms with Crippen molar-refractivity contribution < 1.29 is 33.3 Å². The second kappa shape index (κ2) is 11.5. The molecular weight excluding hydrogens is 472 g/mol. The summed E-state index contributed by atoms with van der Waals surface area (Å²) < 4.78 is 22.4. The van der Waals surface area contributed by atoms with Gasteiger partial charge in [0.1, 0.15) is 6.61 Å². The number of rotatable bonds is 6. The minimum absolute atomic E-state index is 0.0257. The normalized spacial score (nSPS) is 29.1. The van der Waals surface area contributed by atoms with Crippen LogP contribution in [0.1, 0.15) is 86.3 Å². The molecule has 0 N–H and O–H groups in total. The van der Waals surface area contributed by atoms with Crippen LogP contribution in [0.5, 0.6) is 0 Å². The van der Waals surface area contributed by atoms with E-state index in [1.165, 1.54) is 25.0 Å². The van der Waals surface area contributed by atoms with Crippen LogP contribution in [0.15, 0.2) is 48.5 Å². The Morgan fingerprint density at radius 3 is 2.16 bits per heavy atom. The minimum Gasteiger partial charge on any atom is -0.463 e. The first-order valence-corrected chi connectivity index (χ1v) is 13.0. The molecule has 0 spiro atoms. The van der Waals surface area contributed by atoms with Crippen molar-refractivity contribution in [3.8, 4) is 0 Å². The Hall–Kier alpha value is -3.19. The zero-order valence-corrected chi connectivity index (χ0v) is 22.1. The molecule has 198 valence electrons. The fourth-order valence-corrected chi connectivity index (χ4v) is 5.48. The summed E-state index contributed by atoms with van der Waals surface area (Å²) in [5.41, 5.74) is 4.28. The molecule has 2 aromatic carbocycles. The Morgan fingerprint density at radius 2 is 1.51 bits per heavy atom. The number of hydrogen-bond donors (Lipinski definition) is 0. The summed E-state index contributed by atoms with van der Waals surface area (Å²) in [6, 6.07) is 16.1. The van der Waals surface area contributed by atoms with Crippen LogP contribution in [-0.4, -0.2) is 43.0 Å². The van der Waals surface area contributed by atoms with Crippen LogP contribution in [0.4, 0.5) is 0 Å². The molecule has 0 bridgehead atoms. The highest BCUT2D eigenvalue weighted by molar-refractivity contribution is 5.89. The quantitative estimate of drug-likeness (QED) is 0.383. The molecule has 4 rings (SSSR count). The molecule has 2 aliphatic rings. The zero-order chi connectivity index (χ0) is 26.7. The molecule has 1 saturated heterocycles. The monoisotopic (exact) mass is 508 g/mol. The molecule has 1 aliphatic carbocycles. The van der Waals surface area contributed by atoms with Crippen LogP contribution in [-0.2, 0) is 28.5 Å². The van der Waals surface area contributed by atoms with Gasteiger partial charge in [0.2, 0.25) is 6.29 Å². The molecule has 1 aliphatic heterocycles. The van der Waals surface area contributed by atoms with E-state index in [9.17, 15) is 14.4 Å². The van der Waals surface area contributed by atoms with Crippen molar-refractivity contribution >= 4 is 17.9 Å². The van der Waals surface area contributed by atoms with Gasteiger partial charge in [0.05, 0.1) is 11.7 Å². The lowest BCUT2D eigenvalue weighted by atomic mass is 9.74. The van der Waals surface area contributed by atoms with Gasteiger partial charge >= 0.3 is 17.9 Å². The second-order valence-corrected chi connectivity index (χ2v) is 10.3. The Kier molecular flexibility index (Phi) is 8.32. The first-order chi connectivity index (χ1) is 17.7. The molecule has 0 radical (unpaired) electrons. The third-order valence-corrected chi connectivity index (χ3v) is 7.83. The molecule has 0 amide bonds. The van der Waals surface area contributed by atoms with Crippen molar-refractivity contribution in [1.29, 1.82) is 0 Å². The third-order valence-electron chi connectivity index (χ3n) is 7.83. The average Bonchev–Trinajstić information content (AvgIpc) is 2.88. The number of fused-ring (bicyclic) bond motifs is 1. The predicted molar refractivity (Wildman–Crippen MR) is 137 cm³/mol. The standard InChI is InChI=1S/C30H36O7/c1-17-10-15-25(26-9-7-6-8-24(17)26)22-11-13-23(14-12-22)29(33)37-30-28(35-21(5)32)19(3)18(2)27(36-30)16-34-20(4)31/h6-9,11-14,17-19,25,27-28,30H,10,15-16H2,1-5H3/t17-,18+,19+,25?,27?,28?,30+/m1/s1. The fourth-order valence-electron chi connectivity index (χ4n) is 5.48. The van der Waals surface area contributed by atoms with Crippen molar-refractivity contribution in [2.75, 3.05) is 6.61 Å². The average molecular weight is 509 g/mol. The van der Waals surface area contributed by atoms with E-state index < -0.39 is 36.4 Å². The number of benzene rings is 2. The lowest BCUT2D eigenvalue weighted by Gasteiger charge is -2.42. The van der Waals surface area contributed by atoms with Crippen molar-refractivity contribution in [3.05, 3.63) is 70.8 Å². The van der Waals surface area contributed by atoms with Gasteiger partial charge in [-0.3, -0.25) is 9.59 Å². The zero-order valence-electron chi connectivity index (χ0n) is 22.1. The van der Waals surface area contributed by atoms with Gasteiger partial charge in [-0.25, -0.2) is 4.79 Å². The topological polar surface area (TPSA) is 88.1 Å². The molecule has 1 heterocycles. The van der Waals surface area contributed by atoms with Crippen LogP contribution in [0, 0.1) is 11.8 Å². The highest BCUT2D eigenvalue weighted by atomic mass is 16.7. The summed E-state index contributed by atoms with van der Waals surface area (Å²) in [5.74, 6) is -0.938. The van der Waals surface area contributed by atoms with Gasteiger partial charge in [-0.15, -0.1) is 0 Å². The van der Waals surface area contributed by atoms with Gasteiger partial charge in [0, 0.05) is 25.7 Å². The molecule has 2 aromatic rings. The van der Waals surface area contributed by atoms with Crippen LogP contribution < -0.4 is 0 Å². The van der Waals surface area contributed by atoms with E-state index in [1.54, 1.807) is 12.1 Å². The Labute approximate surface area is 218 Å². The van der Waals surface area contributed by atoms with Crippen molar-refractivity contribution in [2.45, 2.75) is 77.8 Å². The highest BCUT2D eigenvalue weighted by Gasteiger charge is 2.46. The summed E-state index contributed by atoms with van der Waals surface area (Å²) in [6.45, 7) is 8.76. The molecule has 3 unspecified atom stereocenters. The maximum absolute atomic E-state index is 13.1. The number of carbonyl (C=O) groups is 3. The maximum Gasteiger partial charge on any atom is 0.340 e. The summed E-state index contributed by atoms with van der Waals surface area (Å²) in [7, 11) is 0. The molecule has 7 nitrogen and oxygen atoms in total. The maximum atomic E-state index is 13.1. The Bertz CT molecular complexity index is 1120. The molecule has 1 fully saturated rings. The van der Waals surface area contributed by atoms with E-state index in [0.29, 0.717) is 11.5 Å². The summed E-state index contributed by atoms with van der Waals surface area (Å²) in [4.78, 5) is 36.2. The molecule has 0 aromatic heterocycles. The van der Waals surface area contributed by atoms with Gasteiger partial charge in [-0.05, 0) is 53.5 Å². The number of ether oxygens (including phenoxy) is 4. The highest BCUT2D eigenvalue weighted by Crippen LogP contribution is 2.42. The summed E-state index contributed by atoms with van der Waals surface area (Å²) in [5, 5.41) is 0. The van der Waals surface area contributed by atoms with Gasteiger partial charge in [-0.1, -0.05) is 57.2 Å². The lowest BCUT2D eigenvalue weighted by Crippen LogP contribution is -2.53. The Morgan fingerprint density at radius 1 is 0.838 bits per heavy atom. The number of esters is 3.